The highest BCUT2D eigenvalue weighted by molar-refractivity contribution is 7.13. The number of nitrogens with zero attached hydrogens (tertiary/aromatic N) is 1. The Labute approximate surface area is 163 Å². The maximum atomic E-state index is 12.4. The fraction of sp³-hybridized carbons (Fsp3) is 0.238. The molecular weight excluding hydrogens is 360 g/mol. The first-order chi connectivity index (χ1) is 13.1. The molecule has 1 amide bonds. The minimum absolute atomic E-state index is 0.169. The Morgan fingerprint density at radius 2 is 1.89 bits per heavy atom. The molecule has 0 aliphatic carbocycles. The van der Waals surface area contributed by atoms with Crippen LogP contribution in [-0.2, 0) is 6.42 Å². The van der Waals surface area contributed by atoms with Crippen molar-refractivity contribution < 1.29 is 14.3 Å². The van der Waals surface area contributed by atoms with Gasteiger partial charge in [0, 0.05) is 17.5 Å². The molecule has 0 radical (unpaired) electrons. The Morgan fingerprint density at radius 3 is 2.59 bits per heavy atom. The summed E-state index contributed by atoms with van der Waals surface area (Å²) < 4.78 is 10.5. The van der Waals surface area contributed by atoms with Gasteiger partial charge in [0.2, 0.25) is 0 Å². The van der Waals surface area contributed by atoms with E-state index in [-0.39, 0.29) is 5.91 Å². The summed E-state index contributed by atoms with van der Waals surface area (Å²) >= 11 is 1.45. The molecule has 0 bridgehead atoms. The van der Waals surface area contributed by atoms with Gasteiger partial charge in [-0.15, -0.1) is 11.3 Å². The Bertz CT molecular complexity index is 919. The first kappa shape index (κ1) is 18.9. The molecule has 0 aliphatic heterocycles. The molecule has 3 rings (SSSR count). The third-order valence-corrected chi connectivity index (χ3v) is 5.08. The number of methoxy groups -OCH3 is 2. The number of aromatic nitrogens is 1. The smallest absolute Gasteiger partial charge is 0.270 e. The molecule has 0 unspecified atom stereocenters. The van der Waals surface area contributed by atoms with Gasteiger partial charge in [0.1, 0.15) is 22.2 Å². The highest BCUT2D eigenvalue weighted by Crippen LogP contribution is 2.25. The molecule has 27 heavy (non-hydrogen) atoms. The molecule has 0 saturated heterocycles. The summed E-state index contributed by atoms with van der Waals surface area (Å²) in [6.45, 7) is 2.56. The fourth-order valence-corrected chi connectivity index (χ4v) is 3.55. The summed E-state index contributed by atoms with van der Waals surface area (Å²) in [6, 6.07) is 13.7. The molecule has 0 atom stereocenters. The zero-order valence-electron chi connectivity index (χ0n) is 15.6. The minimum atomic E-state index is -0.169. The van der Waals surface area contributed by atoms with E-state index >= 15 is 0 Å². The lowest BCUT2D eigenvalue weighted by atomic mass is 10.1. The van der Waals surface area contributed by atoms with Crippen LogP contribution in [-0.4, -0.2) is 31.7 Å². The Hall–Kier alpha value is -2.86. The van der Waals surface area contributed by atoms with Crippen molar-refractivity contribution in [3.05, 3.63) is 64.7 Å². The number of amides is 1. The third-order valence-electron chi connectivity index (χ3n) is 4.19. The van der Waals surface area contributed by atoms with Crippen LogP contribution in [0.1, 0.15) is 21.6 Å². The van der Waals surface area contributed by atoms with Crippen molar-refractivity contribution in [2.24, 2.45) is 0 Å². The number of hydrogen-bond acceptors (Lipinski definition) is 5. The van der Waals surface area contributed by atoms with Gasteiger partial charge in [-0.3, -0.25) is 4.79 Å². The molecule has 0 aliphatic rings. The van der Waals surface area contributed by atoms with Crippen LogP contribution in [0.3, 0.4) is 0 Å². The van der Waals surface area contributed by atoms with Crippen molar-refractivity contribution in [3.63, 3.8) is 0 Å². The summed E-state index contributed by atoms with van der Waals surface area (Å²) in [5.41, 5.74) is 3.64. The molecule has 2 aromatic carbocycles. The molecule has 3 aromatic rings. The summed E-state index contributed by atoms with van der Waals surface area (Å²) in [4.78, 5) is 16.8. The lowest BCUT2D eigenvalue weighted by Gasteiger charge is -2.10. The number of rotatable bonds is 7. The van der Waals surface area contributed by atoms with Gasteiger partial charge < -0.3 is 14.8 Å². The molecule has 6 heteroatoms. The van der Waals surface area contributed by atoms with Crippen LogP contribution in [0.2, 0.25) is 0 Å². The number of benzene rings is 2. The lowest BCUT2D eigenvalue weighted by molar-refractivity contribution is 0.0950. The van der Waals surface area contributed by atoms with E-state index in [1.54, 1.807) is 19.6 Å². The molecule has 1 N–H and O–H groups in total. The van der Waals surface area contributed by atoms with E-state index in [2.05, 4.69) is 16.4 Å². The first-order valence-corrected chi connectivity index (χ1v) is 9.50. The maximum Gasteiger partial charge on any atom is 0.270 e. The number of aryl methyl sites for hydroxylation is 1. The maximum absolute atomic E-state index is 12.4. The van der Waals surface area contributed by atoms with Crippen molar-refractivity contribution >= 4 is 17.2 Å². The molecule has 140 valence electrons. The second-order valence-corrected chi connectivity index (χ2v) is 6.95. The monoisotopic (exact) mass is 382 g/mol. The molecule has 0 fully saturated rings. The predicted octanol–water partition coefficient (Wildman–Crippen LogP) is 4.11. The minimum Gasteiger partial charge on any atom is -0.497 e. The van der Waals surface area contributed by atoms with Crippen LogP contribution in [0.15, 0.2) is 47.8 Å². The van der Waals surface area contributed by atoms with Gasteiger partial charge in [-0.05, 0) is 49.2 Å². The zero-order valence-corrected chi connectivity index (χ0v) is 16.4. The van der Waals surface area contributed by atoms with Crippen LogP contribution in [0, 0.1) is 6.92 Å². The van der Waals surface area contributed by atoms with E-state index in [0.717, 1.165) is 27.6 Å². The number of thiazole rings is 1. The Balaban J connectivity index is 1.60. The SMILES string of the molecule is COc1ccc(-c2nc(C(=O)NCCc3cc(C)ccc3OC)cs2)cc1. The van der Waals surface area contributed by atoms with E-state index < -0.39 is 0 Å². The number of ether oxygens (including phenoxy) is 2. The summed E-state index contributed by atoms with van der Waals surface area (Å²) in [5, 5.41) is 5.52. The number of carbonyl (C=O) groups is 1. The molecule has 5 nitrogen and oxygen atoms in total. The summed E-state index contributed by atoms with van der Waals surface area (Å²) in [5.74, 6) is 1.46. The van der Waals surface area contributed by atoms with Gasteiger partial charge in [-0.25, -0.2) is 4.98 Å². The number of nitrogens with one attached hydrogen (secondary N) is 1. The average Bonchev–Trinajstić information content (AvgIpc) is 3.18. The second-order valence-electron chi connectivity index (χ2n) is 6.09. The molecule has 0 spiro atoms. The summed E-state index contributed by atoms with van der Waals surface area (Å²) in [6.07, 6.45) is 0.700. The van der Waals surface area contributed by atoms with Crippen molar-refractivity contribution in [2.75, 3.05) is 20.8 Å². The van der Waals surface area contributed by atoms with Crippen LogP contribution in [0.4, 0.5) is 0 Å². The second kappa shape index (κ2) is 8.68. The normalized spacial score (nSPS) is 10.5. The largest absolute Gasteiger partial charge is 0.497 e. The highest BCUT2D eigenvalue weighted by atomic mass is 32.1. The van der Waals surface area contributed by atoms with Gasteiger partial charge in [0.05, 0.1) is 14.2 Å². The average molecular weight is 382 g/mol. The van der Waals surface area contributed by atoms with E-state index in [9.17, 15) is 4.79 Å². The topological polar surface area (TPSA) is 60.5 Å². The predicted molar refractivity (Wildman–Crippen MR) is 108 cm³/mol. The van der Waals surface area contributed by atoms with Crippen molar-refractivity contribution in [2.45, 2.75) is 13.3 Å². The van der Waals surface area contributed by atoms with E-state index in [4.69, 9.17) is 9.47 Å². The van der Waals surface area contributed by atoms with Crippen LogP contribution in [0.25, 0.3) is 10.6 Å². The van der Waals surface area contributed by atoms with E-state index in [1.807, 2.05) is 43.3 Å². The number of hydrogen-bond donors (Lipinski definition) is 1. The Morgan fingerprint density at radius 1 is 1.11 bits per heavy atom. The molecular formula is C21H22N2O3S. The van der Waals surface area contributed by atoms with Gasteiger partial charge in [-0.1, -0.05) is 17.7 Å². The summed E-state index contributed by atoms with van der Waals surface area (Å²) in [7, 11) is 3.29. The van der Waals surface area contributed by atoms with Crippen LogP contribution >= 0.6 is 11.3 Å². The lowest BCUT2D eigenvalue weighted by Crippen LogP contribution is -2.26. The quantitative estimate of drug-likeness (QED) is 0.668. The standard InChI is InChI=1S/C21H22N2O3S/c1-14-4-9-19(26-3)16(12-14)10-11-22-20(24)18-13-27-21(23-18)15-5-7-17(25-2)8-6-15/h4-9,12-13H,10-11H2,1-3H3,(H,22,24). The van der Waals surface area contributed by atoms with Gasteiger partial charge in [0.25, 0.3) is 5.91 Å². The van der Waals surface area contributed by atoms with Crippen LogP contribution in [0.5, 0.6) is 11.5 Å². The van der Waals surface area contributed by atoms with Crippen molar-refractivity contribution in [1.82, 2.24) is 10.3 Å². The van der Waals surface area contributed by atoms with E-state index in [0.29, 0.717) is 18.7 Å². The van der Waals surface area contributed by atoms with E-state index in [1.165, 1.54) is 16.9 Å². The fourth-order valence-electron chi connectivity index (χ4n) is 2.75. The Kier molecular flexibility index (Phi) is 6.08. The van der Waals surface area contributed by atoms with Gasteiger partial charge >= 0.3 is 0 Å². The van der Waals surface area contributed by atoms with Crippen LogP contribution < -0.4 is 14.8 Å². The highest BCUT2D eigenvalue weighted by Gasteiger charge is 2.12. The molecule has 1 heterocycles. The van der Waals surface area contributed by atoms with Crippen molar-refractivity contribution in [1.29, 1.82) is 0 Å². The first-order valence-electron chi connectivity index (χ1n) is 8.62. The zero-order chi connectivity index (χ0) is 19.2. The van der Waals surface area contributed by atoms with Crippen molar-refractivity contribution in [3.8, 4) is 22.1 Å². The van der Waals surface area contributed by atoms with Gasteiger partial charge in [0.15, 0.2) is 0 Å². The molecule has 1 aromatic heterocycles. The third kappa shape index (κ3) is 4.65. The molecule has 0 saturated carbocycles. The van der Waals surface area contributed by atoms with Gasteiger partial charge in [-0.2, -0.15) is 0 Å². The number of carbonyl (C=O) groups excluding carboxylic acids is 1.